The van der Waals surface area contributed by atoms with Gasteiger partial charge in [-0.25, -0.2) is 17.6 Å². The summed E-state index contributed by atoms with van der Waals surface area (Å²) in [4.78, 5) is 35.6. The van der Waals surface area contributed by atoms with Crippen molar-refractivity contribution in [3.8, 4) is 0 Å². The first-order valence-corrected chi connectivity index (χ1v) is 13.5. The van der Waals surface area contributed by atoms with Gasteiger partial charge >= 0.3 is 12.1 Å². The number of nitrogens with zero attached hydrogens (tertiary/aromatic N) is 1. The van der Waals surface area contributed by atoms with Gasteiger partial charge in [-0.05, 0) is 67.8 Å². The minimum atomic E-state index is -5.08. The van der Waals surface area contributed by atoms with E-state index in [2.05, 4.69) is 10.0 Å². The Morgan fingerprint density at radius 3 is 2.08 bits per heavy atom. The molecule has 0 bridgehead atoms. The first kappa shape index (κ1) is 32.5. The number of likely N-dealkylation sites (tertiary alicyclic amines) is 1. The normalized spacial score (nSPS) is 14.1. The number of anilines is 1. The minimum absolute atomic E-state index is 0.0102. The lowest BCUT2D eigenvalue weighted by Crippen LogP contribution is -2.43. The lowest BCUT2D eigenvalue weighted by atomic mass is 9.95. The molecule has 2 aromatic rings. The van der Waals surface area contributed by atoms with E-state index in [0.29, 0.717) is 50.3 Å². The fraction of sp³-hybridized carbons (Fsp3) is 0.400. The number of benzene rings is 2. The number of piperidine rings is 1. The molecule has 1 heterocycles. The van der Waals surface area contributed by atoms with Crippen LogP contribution < -0.4 is 10.0 Å². The molecule has 220 valence electrons. The molecule has 1 aliphatic heterocycles. The van der Waals surface area contributed by atoms with Crippen molar-refractivity contribution in [3.63, 3.8) is 0 Å². The van der Waals surface area contributed by atoms with Crippen molar-refractivity contribution in [1.82, 2.24) is 10.2 Å². The predicted molar refractivity (Wildman–Crippen MR) is 135 cm³/mol. The number of halogens is 4. The molecule has 3 N–H and O–H groups in total. The molecule has 0 aromatic heterocycles. The van der Waals surface area contributed by atoms with Crippen LogP contribution in [-0.2, 0) is 24.3 Å². The lowest BCUT2D eigenvalue weighted by molar-refractivity contribution is -0.192. The molecule has 0 saturated carbocycles. The van der Waals surface area contributed by atoms with Crippen LogP contribution in [-0.4, -0.2) is 75.7 Å². The minimum Gasteiger partial charge on any atom is -0.475 e. The quantitative estimate of drug-likeness (QED) is 0.300. The van der Waals surface area contributed by atoms with Crippen molar-refractivity contribution in [2.75, 3.05) is 38.1 Å². The van der Waals surface area contributed by atoms with E-state index in [9.17, 15) is 35.6 Å². The number of methoxy groups -OCH3 is 1. The van der Waals surface area contributed by atoms with Crippen LogP contribution in [0.4, 0.5) is 23.2 Å². The van der Waals surface area contributed by atoms with Crippen molar-refractivity contribution in [1.29, 1.82) is 0 Å². The maximum absolute atomic E-state index is 13.0. The second-order valence-electron chi connectivity index (χ2n) is 8.64. The zero-order chi connectivity index (χ0) is 29.9. The Balaban J connectivity index is 0.000000708. The summed E-state index contributed by atoms with van der Waals surface area (Å²) in [5, 5.41) is 10.0. The molecule has 0 unspecified atom stereocenters. The van der Waals surface area contributed by atoms with E-state index in [-0.39, 0.29) is 22.6 Å². The standard InChI is InChI=1S/C23H28FN3O5S.C2HF3O2/c1-32-16-2-13-25-22(28)17-11-14-27(15-12-17)23(29)18-3-7-20(8-4-18)26-33(30,31)21-9-5-19(24)6-10-21;3-2(4,5)1(6)7/h3-10,17,26H,2,11-16H2,1H3,(H,25,28);(H,6,7). The molecule has 15 heteroatoms. The van der Waals surface area contributed by atoms with Gasteiger partial charge in [0, 0.05) is 50.5 Å². The highest BCUT2D eigenvalue weighted by Crippen LogP contribution is 2.21. The number of sulfonamides is 1. The predicted octanol–water partition coefficient (Wildman–Crippen LogP) is 3.26. The molecule has 0 spiro atoms. The number of ether oxygens (including phenoxy) is 1. The van der Waals surface area contributed by atoms with Gasteiger partial charge in [0.2, 0.25) is 5.91 Å². The summed E-state index contributed by atoms with van der Waals surface area (Å²) < 4.78 is 77.0. The molecule has 1 fully saturated rings. The van der Waals surface area contributed by atoms with E-state index in [0.717, 1.165) is 18.6 Å². The Labute approximate surface area is 228 Å². The molecule has 0 atom stereocenters. The number of alkyl halides is 3. The Hall–Kier alpha value is -3.72. The zero-order valence-corrected chi connectivity index (χ0v) is 22.2. The number of amides is 2. The number of nitrogens with one attached hydrogen (secondary N) is 2. The van der Waals surface area contributed by atoms with Crippen LogP contribution in [0.15, 0.2) is 53.4 Å². The van der Waals surface area contributed by atoms with E-state index in [1.165, 1.54) is 24.3 Å². The van der Waals surface area contributed by atoms with Gasteiger partial charge in [-0.15, -0.1) is 0 Å². The van der Waals surface area contributed by atoms with Crippen LogP contribution >= 0.6 is 0 Å². The highest BCUT2D eigenvalue weighted by molar-refractivity contribution is 7.92. The van der Waals surface area contributed by atoms with E-state index in [1.54, 1.807) is 24.1 Å². The first-order valence-electron chi connectivity index (χ1n) is 12.0. The van der Waals surface area contributed by atoms with E-state index in [1.807, 2.05) is 0 Å². The third-order valence-electron chi connectivity index (χ3n) is 5.73. The van der Waals surface area contributed by atoms with Crippen LogP contribution in [0.3, 0.4) is 0 Å². The molecule has 1 saturated heterocycles. The van der Waals surface area contributed by atoms with Crippen LogP contribution in [0.5, 0.6) is 0 Å². The summed E-state index contributed by atoms with van der Waals surface area (Å²) in [5.74, 6) is -3.55. The largest absolute Gasteiger partial charge is 0.490 e. The van der Waals surface area contributed by atoms with E-state index >= 15 is 0 Å². The summed E-state index contributed by atoms with van der Waals surface area (Å²) in [5.41, 5.74) is 0.724. The maximum atomic E-state index is 13.0. The van der Waals surface area contributed by atoms with Gasteiger partial charge in [0.15, 0.2) is 0 Å². The first-order chi connectivity index (χ1) is 18.7. The summed E-state index contributed by atoms with van der Waals surface area (Å²) in [6.45, 7) is 2.13. The van der Waals surface area contributed by atoms with Gasteiger partial charge < -0.3 is 20.1 Å². The van der Waals surface area contributed by atoms with Gasteiger partial charge in [-0.3, -0.25) is 14.3 Å². The number of carboxylic acid groups (broad SMARTS) is 1. The Bertz CT molecular complexity index is 1250. The molecular weight excluding hydrogens is 562 g/mol. The number of hydrogen-bond donors (Lipinski definition) is 3. The fourth-order valence-corrected chi connectivity index (χ4v) is 4.67. The summed E-state index contributed by atoms with van der Waals surface area (Å²) in [6, 6.07) is 10.6. The van der Waals surface area contributed by atoms with E-state index in [4.69, 9.17) is 14.6 Å². The van der Waals surface area contributed by atoms with Crippen molar-refractivity contribution in [3.05, 3.63) is 59.9 Å². The second-order valence-corrected chi connectivity index (χ2v) is 10.3. The van der Waals surface area contributed by atoms with Crippen molar-refractivity contribution < 1.29 is 50.2 Å². The Morgan fingerprint density at radius 1 is 1.02 bits per heavy atom. The summed E-state index contributed by atoms with van der Waals surface area (Å²) in [7, 11) is -2.25. The molecule has 3 rings (SSSR count). The van der Waals surface area contributed by atoms with Crippen LogP contribution in [0, 0.1) is 11.7 Å². The van der Waals surface area contributed by atoms with Crippen LogP contribution in [0.25, 0.3) is 0 Å². The van der Waals surface area contributed by atoms with E-state index < -0.39 is 28.0 Å². The molecule has 2 aromatic carbocycles. The van der Waals surface area contributed by atoms with Crippen LogP contribution in [0.1, 0.15) is 29.6 Å². The Kier molecular flexibility index (Phi) is 11.9. The van der Waals surface area contributed by atoms with Crippen LogP contribution in [0.2, 0.25) is 0 Å². The highest BCUT2D eigenvalue weighted by atomic mass is 32.2. The molecule has 0 radical (unpaired) electrons. The number of carboxylic acids is 1. The lowest BCUT2D eigenvalue weighted by Gasteiger charge is -2.31. The molecule has 2 amide bonds. The summed E-state index contributed by atoms with van der Waals surface area (Å²) >= 11 is 0. The van der Waals surface area contributed by atoms with Crippen molar-refractivity contribution in [2.24, 2.45) is 5.92 Å². The molecule has 40 heavy (non-hydrogen) atoms. The van der Waals surface area contributed by atoms with Crippen molar-refractivity contribution >= 4 is 33.5 Å². The molecule has 1 aliphatic rings. The average molecular weight is 592 g/mol. The third-order valence-corrected chi connectivity index (χ3v) is 7.13. The third kappa shape index (κ3) is 10.1. The smallest absolute Gasteiger partial charge is 0.475 e. The maximum Gasteiger partial charge on any atom is 0.490 e. The number of hydrogen-bond acceptors (Lipinski definition) is 6. The zero-order valence-electron chi connectivity index (χ0n) is 21.4. The van der Waals surface area contributed by atoms with Gasteiger partial charge in [-0.2, -0.15) is 13.2 Å². The molecule has 0 aliphatic carbocycles. The monoisotopic (exact) mass is 591 g/mol. The summed E-state index contributed by atoms with van der Waals surface area (Å²) in [6.07, 6.45) is -3.13. The molecule has 10 nitrogen and oxygen atoms in total. The second kappa shape index (κ2) is 14.6. The van der Waals surface area contributed by atoms with Gasteiger partial charge in [0.1, 0.15) is 5.82 Å². The van der Waals surface area contributed by atoms with Gasteiger partial charge in [0.05, 0.1) is 4.90 Å². The number of rotatable bonds is 9. The SMILES string of the molecule is COCCCNC(=O)C1CCN(C(=O)c2ccc(NS(=O)(=O)c3ccc(F)cc3)cc2)CC1.O=C(O)C(F)(F)F. The van der Waals surface area contributed by atoms with Gasteiger partial charge in [-0.1, -0.05) is 0 Å². The van der Waals surface area contributed by atoms with Gasteiger partial charge in [0.25, 0.3) is 15.9 Å². The highest BCUT2D eigenvalue weighted by Gasteiger charge is 2.38. The number of carbonyl (C=O) groups excluding carboxylic acids is 2. The Morgan fingerprint density at radius 2 is 1.57 bits per heavy atom. The number of aliphatic carboxylic acids is 1. The topological polar surface area (TPSA) is 142 Å². The van der Waals surface area contributed by atoms with Crippen molar-refractivity contribution in [2.45, 2.75) is 30.3 Å². The molecular formula is C25H29F4N3O7S. The number of carbonyl (C=O) groups is 3. The average Bonchev–Trinajstić information content (AvgIpc) is 2.91. The fourth-order valence-electron chi connectivity index (χ4n) is 3.61.